The number of aliphatic hydroxyl groups excluding tert-OH is 1. The van der Waals surface area contributed by atoms with Crippen molar-refractivity contribution in [3.8, 4) is 0 Å². The number of halogens is 1. The van der Waals surface area contributed by atoms with Gasteiger partial charge in [0.2, 0.25) is 0 Å². The van der Waals surface area contributed by atoms with Gasteiger partial charge in [-0.15, -0.1) is 12.4 Å². The largest absolute Gasteiger partial charge is 0.388 e. The fraction of sp³-hybridized carbons (Fsp3) is 0.333. The molecule has 2 nitrogen and oxygen atoms in total. The SMILES string of the molecule is Cl.NCC[C@@H](O)c1ccccc1. The van der Waals surface area contributed by atoms with Crippen LogP contribution in [0.5, 0.6) is 0 Å². The predicted molar refractivity (Wildman–Crippen MR) is 52.3 cm³/mol. The Balaban J connectivity index is 0.00000121. The molecule has 1 aromatic carbocycles. The normalized spacial score (nSPS) is 11.8. The molecule has 0 bridgehead atoms. The van der Waals surface area contributed by atoms with E-state index in [1.54, 1.807) is 0 Å². The van der Waals surface area contributed by atoms with Crippen LogP contribution in [-0.2, 0) is 0 Å². The van der Waals surface area contributed by atoms with E-state index in [0.717, 1.165) is 5.56 Å². The lowest BCUT2D eigenvalue weighted by molar-refractivity contribution is 0.170. The number of nitrogens with two attached hydrogens (primary N) is 1. The van der Waals surface area contributed by atoms with Crippen LogP contribution in [0.3, 0.4) is 0 Å². The molecular weight excluding hydrogens is 174 g/mol. The Morgan fingerprint density at radius 2 is 1.83 bits per heavy atom. The van der Waals surface area contributed by atoms with Crippen molar-refractivity contribution in [1.29, 1.82) is 0 Å². The van der Waals surface area contributed by atoms with E-state index < -0.39 is 6.10 Å². The second-order valence-corrected chi connectivity index (χ2v) is 2.50. The first-order valence-electron chi connectivity index (χ1n) is 3.77. The monoisotopic (exact) mass is 187 g/mol. The molecule has 0 unspecified atom stereocenters. The van der Waals surface area contributed by atoms with E-state index in [1.807, 2.05) is 30.3 Å². The minimum Gasteiger partial charge on any atom is -0.388 e. The molecule has 3 N–H and O–H groups in total. The molecule has 0 aliphatic heterocycles. The van der Waals surface area contributed by atoms with E-state index in [9.17, 15) is 5.11 Å². The molecule has 1 aromatic rings. The van der Waals surface area contributed by atoms with Gasteiger partial charge in [-0.2, -0.15) is 0 Å². The van der Waals surface area contributed by atoms with Crippen LogP contribution in [-0.4, -0.2) is 11.7 Å². The second-order valence-electron chi connectivity index (χ2n) is 2.50. The summed E-state index contributed by atoms with van der Waals surface area (Å²) < 4.78 is 0. The van der Waals surface area contributed by atoms with E-state index in [-0.39, 0.29) is 12.4 Å². The summed E-state index contributed by atoms with van der Waals surface area (Å²) in [5.74, 6) is 0. The molecular formula is C9H14ClNO. The molecule has 0 spiro atoms. The summed E-state index contributed by atoms with van der Waals surface area (Å²) in [6.07, 6.45) is 0.227. The molecule has 0 saturated carbocycles. The van der Waals surface area contributed by atoms with Gasteiger partial charge in [-0.25, -0.2) is 0 Å². The molecule has 0 fully saturated rings. The molecule has 0 radical (unpaired) electrons. The third-order valence-electron chi connectivity index (χ3n) is 1.62. The number of hydrogen-bond acceptors (Lipinski definition) is 2. The topological polar surface area (TPSA) is 46.2 Å². The smallest absolute Gasteiger partial charge is 0.0802 e. The van der Waals surface area contributed by atoms with Crippen LogP contribution in [0.1, 0.15) is 18.1 Å². The van der Waals surface area contributed by atoms with Crippen LogP contribution >= 0.6 is 12.4 Å². The van der Waals surface area contributed by atoms with Gasteiger partial charge in [0.15, 0.2) is 0 Å². The molecule has 1 atom stereocenters. The summed E-state index contributed by atoms with van der Waals surface area (Å²) in [5, 5.41) is 9.44. The van der Waals surface area contributed by atoms with E-state index in [4.69, 9.17) is 5.73 Å². The molecule has 0 aliphatic carbocycles. The predicted octanol–water partition coefficient (Wildman–Crippen LogP) is 1.49. The average Bonchev–Trinajstić information content (AvgIpc) is 2.07. The highest BCUT2D eigenvalue weighted by molar-refractivity contribution is 5.85. The minimum atomic E-state index is -0.402. The maximum absolute atomic E-state index is 9.44. The van der Waals surface area contributed by atoms with Gasteiger partial charge in [0.25, 0.3) is 0 Å². The zero-order valence-corrected chi connectivity index (χ0v) is 7.63. The molecule has 0 aliphatic rings. The zero-order chi connectivity index (χ0) is 8.10. The van der Waals surface area contributed by atoms with Crippen molar-refractivity contribution in [2.75, 3.05) is 6.54 Å². The van der Waals surface area contributed by atoms with E-state index in [2.05, 4.69) is 0 Å². The van der Waals surface area contributed by atoms with Gasteiger partial charge >= 0.3 is 0 Å². The molecule has 0 amide bonds. The molecule has 1 rings (SSSR count). The van der Waals surface area contributed by atoms with Crippen LogP contribution in [0.4, 0.5) is 0 Å². The Kier molecular flexibility index (Phi) is 5.72. The van der Waals surface area contributed by atoms with Crippen LogP contribution < -0.4 is 5.73 Å². The van der Waals surface area contributed by atoms with Crippen LogP contribution in [0.25, 0.3) is 0 Å². The van der Waals surface area contributed by atoms with E-state index >= 15 is 0 Å². The van der Waals surface area contributed by atoms with Gasteiger partial charge in [0, 0.05) is 0 Å². The van der Waals surface area contributed by atoms with Crippen molar-refractivity contribution in [1.82, 2.24) is 0 Å². The number of rotatable bonds is 3. The van der Waals surface area contributed by atoms with Gasteiger partial charge in [0.1, 0.15) is 0 Å². The van der Waals surface area contributed by atoms with Crippen molar-refractivity contribution in [3.63, 3.8) is 0 Å². The van der Waals surface area contributed by atoms with E-state index in [0.29, 0.717) is 13.0 Å². The highest BCUT2D eigenvalue weighted by atomic mass is 35.5. The Labute approximate surface area is 78.8 Å². The molecule has 0 aromatic heterocycles. The molecule has 12 heavy (non-hydrogen) atoms. The van der Waals surface area contributed by atoms with Gasteiger partial charge in [-0.1, -0.05) is 30.3 Å². The van der Waals surface area contributed by atoms with Crippen molar-refractivity contribution in [3.05, 3.63) is 35.9 Å². The number of aliphatic hydroxyl groups is 1. The van der Waals surface area contributed by atoms with Crippen molar-refractivity contribution in [2.45, 2.75) is 12.5 Å². The summed E-state index contributed by atoms with van der Waals surface area (Å²) in [4.78, 5) is 0. The highest BCUT2D eigenvalue weighted by Gasteiger charge is 2.03. The Hall–Kier alpha value is -0.570. The first-order chi connectivity index (χ1) is 5.34. The number of hydrogen-bond donors (Lipinski definition) is 2. The van der Waals surface area contributed by atoms with Crippen molar-refractivity contribution in [2.24, 2.45) is 5.73 Å². The lowest BCUT2D eigenvalue weighted by atomic mass is 10.1. The molecule has 68 valence electrons. The fourth-order valence-electron chi connectivity index (χ4n) is 1.000. The first kappa shape index (κ1) is 11.4. The van der Waals surface area contributed by atoms with Gasteiger partial charge in [-0.05, 0) is 18.5 Å². The van der Waals surface area contributed by atoms with Crippen molar-refractivity contribution < 1.29 is 5.11 Å². The van der Waals surface area contributed by atoms with Gasteiger partial charge < -0.3 is 10.8 Å². The van der Waals surface area contributed by atoms with Gasteiger partial charge in [-0.3, -0.25) is 0 Å². The molecule has 0 saturated heterocycles. The maximum Gasteiger partial charge on any atom is 0.0802 e. The third-order valence-corrected chi connectivity index (χ3v) is 1.62. The zero-order valence-electron chi connectivity index (χ0n) is 6.81. The summed E-state index contributed by atoms with van der Waals surface area (Å²) in [7, 11) is 0. The number of benzene rings is 1. The Morgan fingerprint density at radius 1 is 1.25 bits per heavy atom. The summed E-state index contributed by atoms with van der Waals surface area (Å²) in [6.45, 7) is 0.524. The highest BCUT2D eigenvalue weighted by Crippen LogP contribution is 2.14. The van der Waals surface area contributed by atoms with Crippen LogP contribution in [0.15, 0.2) is 30.3 Å². The lowest BCUT2D eigenvalue weighted by Gasteiger charge is -2.07. The summed E-state index contributed by atoms with van der Waals surface area (Å²) in [5.41, 5.74) is 6.25. The molecule has 3 heteroatoms. The summed E-state index contributed by atoms with van der Waals surface area (Å²) in [6, 6.07) is 9.56. The quantitative estimate of drug-likeness (QED) is 0.753. The average molecular weight is 188 g/mol. The lowest BCUT2D eigenvalue weighted by Crippen LogP contribution is -2.06. The van der Waals surface area contributed by atoms with Gasteiger partial charge in [0.05, 0.1) is 6.10 Å². The first-order valence-corrected chi connectivity index (χ1v) is 3.77. The Bertz CT molecular complexity index is 203. The standard InChI is InChI=1S/C9H13NO.ClH/c10-7-6-9(11)8-4-2-1-3-5-8;/h1-5,9,11H,6-7,10H2;1H/t9-;/m1./s1. The Morgan fingerprint density at radius 3 is 2.33 bits per heavy atom. The fourth-order valence-corrected chi connectivity index (χ4v) is 1.000. The van der Waals surface area contributed by atoms with Crippen molar-refractivity contribution >= 4 is 12.4 Å². The van der Waals surface area contributed by atoms with Crippen LogP contribution in [0.2, 0.25) is 0 Å². The second kappa shape index (κ2) is 6.00. The molecule has 0 heterocycles. The third kappa shape index (κ3) is 3.22. The van der Waals surface area contributed by atoms with E-state index in [1.165, 1.54) is 0 Å². The minimum absolute atomic E-state index is 0. The van der Waals surface area contributed by atoms with Crippen LogP contribution in [0, 0.1) is 0 Å². The summed E-state index contributed by atoms with van der Waals surface area (Å²) >= 11 is 0. The maximum atomic E-state index is 9.44.